The Kier molecular flexibility index (Phi) is 6.54. The molecule has 33 heavy (non-hydrogen) atoms. The molecule has 3 aromatic carbocycles. The SMILES string of the molecule is CCC(OC(=O)c1ccc2nc(-c3ccccc3)[nH]c2c1)C(=O)Nc1ccc(C(C)C)cc1. The van der Waals surface area contributed by atoms with Crippen molar-refractivity contribution in [2.45, 2.75) is 39.2 Å². The van der Waals surface area contributed by atoms with E-state index in [9.17, 15) is 9.59 Å². The lowest BCUT2D eigenvalue weighted by atomic mass is 10.0. The van der Waals surface area contributed by atoms with E-state index in [1.165, 1.54) is 5.56 Å². The molecular weight excluding hydrogens is 414 g/mol. The third-order valence-corrected chi connectivity index (χ3v) is 5.52. The van der Waals surface area contributed by atoms with Crippen LogP contribution in [0, 0.1) is 0 Å². The van der Waals surface area contributed by atoms with E-state index in [-0.39, 0.29) is 5.91 Å². The van der Waals surface area contributed by atoms with Crippen molar-refractivity contribution in [2.75, 3.05) is 5.32 Å². The summed E-state index contributed by atoms with van der Waals surface area (Å²) < 4.78 is 5.54. The summed E-state index contributed by atoms with van der Waals surface area (Å²) >= 11 is 0. The Bertz CT molecular complexity index is 1260. The highest BCUT2D eigenvalue weighted by Gasteiger charge is 2.22. The Morgan fingerprint density at radius 3 is 2.39 bits per heavy atom. The van der Waals surface area contributed by atoms with Gasteiger partial charge in [-0.05, 0) is 48.2 Å². The van der Waals surface area contributed by atoms with Crippen LogP contribution in [0.15, 0.2) is 72.8 Å². The molecule has 4 rings (SSSR count). The predicted molar refractivity (Wildman–Crippen MR) is 130 cm³/mol. The first-order valence-corrected chi connectivity index (χ1v) is 11.1. The average molecular weight is 442 g/mol. The number of fused-ring (bicyclic) bond motifs is 1. The van der Waals surface area contributed by atoms with Crippen LogP contribution >= 0.6 is 0 Å². The topological polar surface area (TPSA) is 84.1 Å². The number of anilines is 1. The normalized spacial score (nSPS) is 12.0. The van der Waals surface area contributed by atoms with E-state index in [0.717, 1.165) is 22.4 Å². The molecule has 0 spiro atoms. The molecule has 0 fully saturated rings. The lowest BCUT2D eigenvalue weighted by molar-refractivity contribution is -0.124. The number of hydrogen-bond acceptors (Lipinski definition) is 4. The smallest absolute Gasteiger partial charge is 0.338 e. The molecule has 1 heterocycles. The van der Waals surface area contributed by atoms with Crippen molar-refractivity contribution in [3.63, 3.8) is 0 Å². The van der Waals surface area contributed by atoms with Gasteiger partial charge < -0.3 is 15.0 Å². The summed E-state index contributed by atoms with van der Waals surface area (Å²) in [6.45, 7) is 6.04. The number of ether oxygens (including phenoxy) is 1. The zero-order chi connectivity index (χ0) is 23.4. The van der Waals surface area contributed by atoms with Crippen molar-refractivity contribution in [3.8, 4) is 11.4 Å². The van der Waals surface area contributed by atoms with Gasteiger partial charge in [-0.3, -0.25) is 4.79 Å². The van der Waals surface area contributed by atoms with Crippen LogP contribution < -0.4 is 5.32 Å². The standard InChI is InChI=1S/C27H27N3O3/c1-4-24(26(31)28-21-13-10-18(11-14-21)17(2)3)33-27(32)20-12-15-22-23(16-20)30-25(29-22)19-8-6-5-7-9-19/h5-17,24H,4H2,1-3H3,(H,28,31)(H,29,30). The zero-order valence-electron chi connectivity index (χ0n) is 19.0. The molecule has 1 unspecified atom stereocenters. The third kappa shape index (κ3) is 5.12. The number of esters is 1. The summed E-state index contributed by atoms with van der Waals surface area (Å²) in [6.07, 6.45) is -0.522. The maximum atomic E-state index is 12.8. The van der Waals surface area contributed by atoms with Crippen LogP contribution in [0.4, 0.5) is 5.69 Å². The second-order valence-corrected chi connectivity index (χ2v) is 8.25. The summed E-state index contributed by atoms with van der Waals surface area (Å²) in [5.74, 6) is 0.238. The molecule has 0 aliphatic carbocycles. The van der Waals surface area contributed by atoms with Crippen LogP contribution in [0.25, 0.3) is 22.4 Å². The fourth-order valence-electron chi connectivity index (χ4n) is 3.56. The van der Waals surface area contributed by atoms with Gasteiger partial charge in [0.05, 0.1) is 16.6 Å². The van der Waals surface area contributed by atoms with E-state index in [1.807, 2.05) is 61.5 Å². The fourth-order valence-corrected chi connectivity index (χ4v) is 3.56. The summed E-state index contributed by atoms with van der Waals surface area (Å²) in [7, 11) is 0. The van der Waals surface area contributed by atoms with Gasteiger partial charge in [0.15, 0.2) is 6.10 Å². The van der Waals surface area contributed by atoms with Gasteiger partial charge in [-0.1, -0.05) is 63.2 Å². The van der Waals surface area contributed by atoms with Crippen LogP contribution in [-0.2, 0) is 9.53 Å². The number of rotatable bonds is 7. The first kappa shape index (κ1) is 22.3. The first-order chi connectivity index (χ1) is 15.9. The van der Waals surface area contributed by atoms with E-state index in [2.05, 4.69) is 29.1 Å². The van der Waals surface area contributed by atoms with E-state index in [1.54, 1.807) is 18.2 Å². The van der Waals surface area contributed by atoms with Gasteiger partial charge >= 0.3 is 5.97 Å². The molecule has 6 nitrogen and oxygen atoms in total. The van der Waals surface area contributed by atoms with Gasteiger partial charge in [-0.15, -0.1) is 0 Å². The van der Waals surface area contributed by atoms with Gasteiger partial charge in [-0.25, -0.2) is 9.78 Å². The van der Waals surface area contributed by atoms with Crippen molar-refractivity contribution >= 4 is 28.6 Å². The fraction of sp³-hybridized carbons (Fsp3) is 0.222. The molecule has 6 heteroatoms. The van der Waals surface area contributed by atoms with Gasteiger partial charge in [0.2, 0.25) is 0 Å². The summed E-state index contributed by atoms with van der Waals surface area (Å²) in [6, 6.07) is 22.6. The Labute approximate surface area is 193 Å². The van der Waals surface area contributed by atoms with Crippen LogP contribution in [0.5, 0.6) is 0 Å². The first-order valence-electron chi connectivity index (χ1n) is 11.1. The minimum atomic E-state index is -0.889. The number of nitrogens with one attached hydrogen (secondary N) is 2. The minimum absolute atomic E-state index is 0.350. The number of aromatic amines is 1. The molecular formula is C27H27N3O3. The highest BCUT2D eigenvalue weighted by Crippen LogP contribution is 2.22. The molecule has 168 valence electrons. The van der Waals surface area contributed by atoms with Crippen molar-refractivity contribution in [1.82, 2.24) is 9.97 Å². The molecule has 1 amide bonds. The van der Waals surface area contributed by atoms with Crippen molar-refractivity contribution in [2.24, 2.45) is 0 Å². The number of carbonyl (C=O) groups is 2. The van der Waals surface area contributed by atoms with Crippen molar-refractivity contribution in [1.29, 1.82) is 0 Å². The molecule has 0 aliphatic rings. The summed E-state index contributed by atoms with van der Waals surface area (Å²) in [4.78, 5) is 33.3. The minimum Gasteiger partial charge on any atom is -0.449 e. The zero-order valence-corrected chi connectivity index (χ0v) is 19.0. The molecule has 1 aromatic heterocycles. The number of nitrogens with zero attached hydrogens (tertiary/aromatic N) is 1. The summed E-state index contributed by atoms with van der Waals surface area (Å²) in [5, 5.41) is 2.83. The second-order valence-electron chi connectivity index (χ2n) is 8.25. The van der Waals surface area contributed by atoms with Crippen LogP contribution in [0.3, 0.4) is 0 Å². The number of benzene rings is 3. The molecule has 0 saturated heterocycles. The average Bonchev–Trinajstić information content (AvgIpc) is 3.26. The van der Waals surface area contributed by atoms with Crippen LogP contribution in [-0.4, -0.2) is 27.9 Å². The van der Waals surface area contributed by atoms with Crippen LogP contribution in [0.1, 0.15) is 49.0 Å². The Balaban J connectivity index is 1.45. The van der Waals surface area contributed by atoms with E-state index in [0.29, 0.717) is 23.6 Å². The Morgan fingerprint density at radius 1 is 1.00 bits per heavy atom. The van der Waals surface area contributed by atoms with Gasteiger partial charge in [0.1, 0.15) is 5.82 Å². The predicted octanol–water partition coefficient (Wildman–Crippen LogP) is 5.93. The largest absolute Gasteiger partial charge is 0.449 e. The highest BCUT2D eigenvalue weighted by molar-refractivity contribution is 5.99. The lowest BCUT2D eigenvalue weighted by Crippen LogP contribution is -2.32. The monoisotopic (exact) mass is 441 g/mol. The molecule has 0 radical (unpaired) electrons. The van der Waals surface area contributed by atoms with Crippen LogP contribution in [0.2, 0.25) is 0 Å². The lowest BCUT2D eigenvalue weighted by Gasteiger charge is -2.16. The van der Waals surface area contributed by atoms with E-state index >= 15 is 0 Å². The van der Waals surface area contributed by atoms with Crippen molar-refractivity contribution < 1.29 is 14.3 Å². The van der Waals surface area contributed by atoms with Gasteiger partial charge in [-0.2, -0.15) is 0 Å². The van der Waals surface area contributed by atoms with Gasteiger partial charge in [0.25, 0.3) is 5.91 Å². The Morgan fingerprint density at radius 2 is 1.73 bits per heavy atom. The highest BCUT2D eigenvalue weighted by atomic mass is 16.5. The molecule has 0 aliphatic heterocycles. The number of amides is 1. The molecule has 1 atom stereocenters. The number of hydrogen-bond donors (Lipinski definition) is 2. The Hall–Kier alpha value is -3.93. The third-order valence-electron chi connectivity index (χ3n) is 5.52. The van der Waals surface area contributed by atoms with E-state index < -0.39 is 12.1 Å². The molecule has 0 saturated carbocycles. The van der Waals surface area contributed by atoms with Gasteiger partial charge in [0, 0.05) is 11.3 Å². The number of carbonyl (C=O) groups excluding carboxylic acids is 2. The second kappa shape index (κ2) is 9.69. The summed E-state index contributed by atoms with van der Waals surface area (Å²) in [5.41, 5.74) is 4.66. The van der Waals surface area contributed by atoms with E-state index in [4.69, 9.17) is 4.74 Å². The number of H-pyrrole nitrogens is 1. The number of aromatic nitrogens is 2. The maximum absolute atomic E-state index is 12.8. The van der Waals surface area contributed by atoms with Crippen molar-refractivity contribution in [3.05, 3.63) is 83.9 Å². The molecule has 2 N–H and O–H groups in total. The number of imidazole rings is 1. The molecule has 4 aromatic rings. The maximum Gasteiger partial charge on any atom is 0.338 e. The molecule has 0 bridgehead atoms. The quantitative estimate of drug-likeness (QED) is 0.348.